The summed E-state index contributed by atoms with van der Waals surface area (Å²) in [4.78, 5) is 34.4. The fourth-order valence-electron chi connectivity index (χ4n) is 4.10. The predicted octanol–water partition coefficient (Wildman–Crippen LogP) is 3.05. The lowest BCUT2D eigenvalue weighted by molar-refractivity contribution is -0.272. The lowest BCUT2D eigenvalue weighted by Crippen LogP contribution is -2.60. The van der Waals surface area contributed by atoms with E-state index in [1.807, 2.05) is 0 Å². The van der Waals surface area contributed by atoms with Crippen LogP contribution in [0.15, 0.2) is 24.3 Å². The van der Waals surface area contributed by atoms with Crippen molar-refractivity contribution in [2.75, 3.05) is 0 Å². The number of rotatable bonds is 14. The highest BCUT2D eigenvalue weighted by atomic mass is 16.6. The summed E-state index contributed by atoms with van der Waals surface area (Å²) < 4.78 is 0. The number of hydrogen-bond donors (Lipinski definition) is 5. The van der Waals surface area contributed by atoms with Crippen LogP contribution in [0, 0.1) is 17.3 Å². The summed E-state index contributed by atoms with van der Waals surface area (Å²) in [6.45, 7) is 6.62. The van der Waals surface area contributed by atoms with Gasteiger partial charge in [-0.15, -0.1) is 0 Å². The van der Waals surface area contributed by atoms with Crippen molar-refractivity contribution in [3.8, 4) is 0 Å². The van der Waals surface area contributed by atoms with Crippen molar-refractivity contribution in [2.45, 2.75) is 89.9 Å². The quantitative estimate of drug-likeness (QED) is 0.198. The second-order valence-corrected chi connectivity index (χ2v) is 9.67. The maximum atomic E-state index is 12.3. The Morgan fingerprint density at radius 1 is 1.06 bits per heavy atom. The summed E-state index contributed by atoms with van der Waals surface area (Å²) in [5, 5.41) is 47.6. The summed E-state index contributed by atoms with van der Waals surface area (Å²) in [6, 6.07) is 0. The van der Waals surface area contributed by atoms with E-state index < -0.39 is 36.2 Å². The molecule has 8 heteroatoms. The van der Waals surface area contributed by atoms with Crippen LogP contribution in [0.2, 0.25) is 0 Å². The van der Waals surface area contributed by atoms with Crippen LogP contribution in [0.3, 0.4) is 0 Å². The van der Waals surface area contributed by atoms with Gasteiger partial charge in [0.1, 0.15) is 11.4 Å². The van der Waals surface area contributed by atoms with E-state index in [-0.39, 0.29) is 23.0 Å². The van der Waals surface area contributed by atoms with Gasteiger partial charge < -0.3 is 25.5 Å². The molecule has 0 saturated heterocycles. The van der Waals surface area contributed by atoms with Gasteiger partial charge in [-0.2, -0.15) is 0 Å². The summed E-state index contributed by atoms with van der Waals surface area (Å²) in [5.41, 5.74) is -2.62. The van der Waals surface area contributed by atoms with Crippen LogP contribution >= 0.6 is 0 Å². The Labute approximate surface area is 189 Å². The molecule has 1 aliphatic rings. The Bertz CT molecular complexity index is 722. The molecule has 1 fully saturated rings. The van der Waals surface area contributed by atoms with Crippen LogP contribution in [0.25, 0.3) is 0 Å². The number of allylic oxidation sites excluding steroid dienone is 3. The Kier molecular flexibility index (Phi) is 10.3. The number of carboxylic acids is 2. The molecule has 3 atom stereocenters. The van der Waals surface area contributed by atoms with E-state index in [1.165, 1.54) is 12.5 Å². The highest BCUT2D eigenvalue weighted by Crippen LogP contribution is 2.35. The number of ketones is 1. The van der Waals surface area contributed by atoms with Crippen molar-refractivity contribution >= 4 is 17.7 Å². The lowest BCUT2D eigenvalue weighted by Gasteiger charge is -2.34. The number of carboxylic acid groups (broad SMARTS) is 2. The zero-order valence-electron chi connectivity index (χ0n) is 19.3. The van der Waals surface area contributed by atoms with Crippen molar-refractivity contribution in [3.05, 3.63) is 24.3 Å². The second kappa shape index (κ2) is 11.7. The van der Waals surface area contributed by atoms with Gasteiger partial charge in [0.2, 0.25) is 0 Å². The highest BCUT2D eigenvalue weighted by molar-refractivity contribution is 5.84. The minimum atomic E-state index is -3.63. The minimum absolute atomic E-state index is 0.0841. The van der Waals surface area contributed by atoms with Gasteiger partial charge in [-0.1, -0.05) is 57.9 Å². The molecule has 0 aromatic heterocycles. The molecular weight excluding hydrogens is 416 g/mol. The summed E-state index contributed by atoms with van der Waals surface area (Å²) in [5.74, 6) is -7.39. The largest absolute Gasteiger partial charge is 0.481 e. The van der Waals surface area contributed by atoms with Crippen molar-refractivity contribution in [1.82, 2.24) is 0 Å². The number of hydrogen-bond acceptors (Lipinski definition) is 6. The van der Waals surface area contributed by atoms with Gasteiger partial charge in [-0.3, -0.25) is 9.59 Å². The first-order valence-corrected chi connectivity index (χ1v) is 11.2. The van der Waals surface area contributed by atoms with Crippen molar-refractivity contribution in [3.63, 3.8) is 0 Å². The van der Waals surface area contributed by atoms with E-state index in [4.69, 9.17) is 10.2 Å². The van der Waals surface area contributed by atoms with Crippen molar-refractivity contribution < 1.29 is 39.9 Å². The summed E-state index contributed by atoms with van der Waals surface area (Å²) >= 11 is 0. The summed E-state index contributed by atoms with van der Waals surface area (Å²) in [6.07, 6.45) is 11.3. The number of carbonyl (C=O) groups is 3. The van der Waals surface area contributed by atoms with Gasteiger partial charge in [-0.25, -0.2) is 4.79 Å². The third-order valence-electron chi connectivity index (χ3n) is 6.32. The first-order valence-electron chi connectivity index (χ1n) is 11.2. The van der Waals surface area contributed by atoms with Crippen molar-refractivity contribution in [1.29, 1.82) is 0 Å². The monoisotopic (exact) mass is 454 g/mol. The van der Waals surface area contributed by atoms with Gasteiger partial charge >= 0.3 is 11.9 Å². The van der Waals surface area contributed by atoms with Gasteiger partial charge in [0.15, 0.2) is 0 Å². The van der Waals surface area contributed by atoms with Gasteiger partial charge in [0.05, 0.1) is 6.42 Å². The zero-order chi connectivity index (χ0) is 24.6. The molecule has 0 spiro atoms. The van der Waals surface area contributed by atoms with E-state index in [9.17, 15) is 29.7 Å². The first kappa shape index (κ1) is 28.0. The molecule has 8 nitrogen and oxygen atoms in total. The normalized spacial score (nSPS) is 22.0. The average molecular weight is 455 g/mol. The molecule has 5 N–H and O–H groups in total. The third kappa shape index (κ3) is 7.83. The Morgan fingerprint density at radius 2 is 1.72 bits per heavy atom. The molecule has 1 aliphatic carbocycles. The van der Waals surface area contributed by atoms with E-state index in [2.05, 4.69) is 32.9 Å². The molecule has 0 radical (unpaired) electrons. The molecule has 0 bridgehead atoms. The SMILES string of the molecule is CCCCC(C)(C)C/C=C/[C@H]1CCC(=O)[C@@H]1C/C=C\CC(O)(CC(=O)O)C(O)(O)C(=O)O. The van der Waals surface area contributed by atoms with Crippen LogP contribution in [-0.2, 0) is 14.4 Å². The van der Waals surface area contributed by atoms with Gasteiger partial charge in [0, 0.05) is 18.8 Å². The molecule has 1 saturated carbocycles. The average Bonchev–Trinajstić information content (AvgIpc) is 3.02. The molecule has 1 rings (SSSR count). The van der Waals surface area contributed by atoms with Crippen LogP contribution in [0.1, 0.15) is 78.6 Å². The van der Waals surface area contributed by atoms with Crippen LogP contribution in [0.4, 0.5) is 0 Å². The Balaban J connectivity index is 2.78. The molecule has 0 heterocycles. The number of unbranched alkanes of at least 4 members (excludes halogenated alkanes) is 1. The Morgan fingerprint density at radius 3 is 2.28 bits per heavy atom. The molecule has 0 amide bonds. The van der Waals surface area contributed by atoms with Crippen LogP contribution in [-0.4, -0.2) is 54.6 Å². The molecule has 0 aromatic rings. The zero-order valence-corrected chi connectivity index (χ0v) is 19.3. The molecule has 32 heavy (non-hydrogen) atoms. The molecular formula is C24H38O8. The maximum Gasteiger partial charge on any atom is 0.367 e. The molecule has 0 aromatic carbocycles. The van der Waals surface area contributed by atoms with Gasteiger partial charge in [0.25, 0.3) is 5.79 Å². The lowest BCUT2D eigenvalue weighted by atomic mass is 9.83. The number of aliphatic hydroxyl groups is 3. The predicted molar refractivity (Wildman–Crippen MR) is 119 cm³/mol. The fraction of sp³-hybridized carbons (Fsp3) is 0.708. The van der Waals surface area contributed by atoms with Crippen LogP contribution in [0.5, 0.6) is 0 Å². The maximum absolute atomic E-state index is 12.3. The fourth-order valence-corrected chi connectivity index (χ4v) is 4.10. The van der Waals surface area contributed by atoms with Crippen LogP contribution < -0.4 is 0 Å². The second-order valence-electron chi connectivity index (χ2n) is 9.67. The smallest absolute Gasteiger partial charge is 0.367 e. The first-order chi connectivity index (χ1) is 14.8. The highest BCUT2D eigenvalue weighted by Gasteiger charge is 2.55. The van der Waals surface area contributed by atoms with E-state index in [0.717, 1.165) is 25.7 Å². The Hall–Kier alpha value is -2.03. The van der Waals surface area contributed by atoms with E-state index >= 15 is 0 Å². The molecule has 1 unspecified atom stereocenters. The third-order valence-corrected chi connectivity index (χ3v) is 6.32. The standard InChI is InChI=1S/C24H38O8/c1-4-5-13-22(2,3)14-8-9-17-11-12-19(25)18(17)10-6-7-15-23(30,16-20(26)27)24(31,32)21(28)29/h6-9,17-18,30-32H,4-5,10-16H2,1-3H3,(H,26,27)(H,28,29)/b7-6-,9-8+/t17-,18+,23?/m0/s1. The van der Waals surface area contributed by atoms with Gasteiger partial charge in [-0.05, 0) is 37.0 Å². The topological polar surface area (TPSA) is 152 Å². The van der Waals surface area contributed by atoms with E-state index in [1.54, 1.807) is 6.08 Å². The van der Waals surface area contributed by atoms with E-state index in [0.29, 0.717) is 12.8 Å². The molecule has 0 aliphatic heterocycles. The minimum Gasteiger partial charge on any atom is -0.481 e. The summed E-state index contributed by atoms with van der Waals surface area (Å²) in [7, 11) is 0. The molecule has 182 valence electrons. The van der Waals surface area contributed by atoms with Crippen molar-refractivity contribution in [2.24, 2.45) is 17.3 Å². The number of aliphatic carboxylic acids is 2. The number of carbonyl (C=O) groups excluding carboxylic acids is 1. The number of Topliss-reactive ketones (excluding diaryl/α,β-unsaturated/α-hetero) is 1.